The van der Waals surface area contributed by atoms with Crippen LogP contribution in [0.5, 0.6) is 0 Å². The Bertz CT molecular complexity index is 832. The summed E-state index contributed by atoms with van der Waals surface area (Å²) in [6, 6.07) is 13.9. The van der Waals surface area contributed by atoms with Crippen molar-refractivity contribution in [2.45, 2.75) is 0 Å². The molecule has 3 heterocycles. The van der Waals surface area contributed by atoms with E-state index in [0.717, 1.165) is 27.5 Å². The number of fused-ring (bicyclic) bond motifs is 3. The van der Waals surface area contributed by atoms with E-state index in [1.165, 1.54) is 0 Å². The second kappa shape index (κ2) is 3.61. The minimum absolute atomic E-state index is 0.738. The maximum Gasteiger partial charge on any atom is 0.246 e. The van der Waals surface area contributed by atoms with Crippen molar-refractivity contribution in [1.82, 2.24) is 18.7 Å². The molecule has 4 nitrogen and oxygen atoms in total. The fourth-order valence-corrected chi connectivity index (χ4v) is 2.87. The predicted molar refractivity (Wildman–Crippen MR) is 71.6 cm³/mol. The van der Waals surface area contributed by atoms with Gasteiger partial charge in [-0.2, -0.15) is 4.98 Å². The average Bonchev–Trinajstić information content (AvgIpc) is 2.97. The Labute approximate surface area is 107 Å². The molecule has 0 atom stereocenters. The van der Waals surface area contributed by atoms with Gasteiger partial charge in [-0.3, -0.25) is 4.98 Å². The van der Waals surface area contributed by atoms with Crippen molar-refractivity contribution in [3.05, 3.63) is 48.7 Å². The highest BCUT2D eigenvalue weighted by atomic mass is 32.1. The van der Waals surface area contributed by atoms with Gasteiger partial charge in [0.15, 0.2) is 5.01 Å². The summed E-state index contributed by atoms with van der Waals surface area (Å²) in [7, 11) is 0. The lowest BCUT2D eigenvalue weighted by atomic mass is 10.3. The monoisotopic (exact) mass is 252 g/mol. The van der Waals surface area contributed by atoms with Crippen LogP contribution in [0.25, 0.3) is 27.5 Å². The van der Waals surface area contributed by atoms with E-state index in [-0.39, 0.29) is 0 Å². The minimum Gasteiger partial charge on any atom is -0.254 e. The smallest absolute Gasteiger partial charge is 0.246 e. The Balaban J connectivity index is 2.00. The normalized spacial score (nSPS) is 11.3. The van der Waals surface area contributed by atoms with Gasteiger partial charge in [0.1, 0.15) is 5.69 Å². The summed E-state index contributed by atoms with van der Waals surface area (Å²) in [4.78, 5) is 13.3. The van der Waals surface area contributed by atoms with Crippen molar-refractivity contribution in [1.29, 1.82) is 0 Å². The van der Waals surface area contributed by atoms with E-state index in [2.05, 4.69) is 21.0 Å². The highest BCUT2D eigenvalue weighted by molar-refractivity contribution is 7.10. The summed E-state index contributed by atoms with van der Waals surface area (Å²) >= 11 is 1.57. The van der Waals surface area contributed by atoms with Crippen LogP contribution in [-0.4, -0.2) is 18.7 Å². The second-order valence-electron chi connectivity index (χ2n) is 3.92. The maximum atomic E-state index is 4.53. The van der Waals surface area contributed by atoms with Crippen LogP contribution in [-0.2, 0) is 0 Å². The number of hydrogen-bond acceptors (Lipinski definition) is 4. The van der Waals surface area contributed by atoms with E-state index in [1.54, 1.807) is 17.7 Å². The van der Waals surface area contributed by atoms with Crippen LogP contribution in [0.1, 0.15) is 0 Å². The standard InChI is InChI=1S/C13H8N4S/c1-2-7-11-9(5-1)15-13-16-12(18-17(11)13)10-6-3-4-8-14-10/h1-8H. The first kappa shape index (κ1) is 9.73. The van der Waals surface area contributed by atoms with E-state index in [0.29, 0.717) is 0 Å². The third kappa shape index (κ3) is 1.34. The number of imidazole rings is 1. The van der Waals surface area contributed by atoms with Crippen LogP contribution in [0, 0.1) is 0 Å². The van der Waals surface area contributed by atoms with Gasteiger partial charge < -0.3 is 0 Å². The van der Waals surface area contributed by atoms with Crippen LogP contribution < -0.4 is 0 Å². The molecule has 3 aromatic heterocycles. The number of rotatable bonds is 1. The van der Waals surface area contributed by atoms with Crippen molar-refractivity contribution in [3.63, 3.8) is 0 Å². The molecule has 86 valence electrons. The molecule has 5 heteroatoms. The SMILES string of the molecule is c1ccc(-c2nc3nc4ccccc4n3s2)nc1. The molecule has 0 aliphatic heterocycles. The molecule has 0 N–H and O–H groups in total. The second-order valence-corrected chi connectivity index (χ2v) is 4.85. The first-order chi connectivity index (χ1) is 8.92. The topological polar surface area (TPSA) is 43.1 Å². The lowest BCUT2D eigenvalue weighted by Crippen LogP contribution is -1.79. The quantitative estimate of drug-likeness (QED) is 0.523. The Morgan fingerprint density at radius 3 is 2.72 bits per heavy atom. The molecular formula is C13H8N4S. The summed E-state index contributed by atoms with van der Waals surface area (Å²) in [6.07, 6.45) is 1.78. The van der Waals surface area contributed by atoms with E-state index in [4.69, 9.17) is 0 Å². The third-order valence-corrected chi connectivity index (χ3v) is 3.78. The van der Waals surface area contributed by atoms with Gasteiger partial charge >= 0.3 is 0 Å². The molecule has 4 rings (SSSR count). The molecule has 1 aromatic carbocycles. The Hall–Kier alpha value is -2.27. The van der Waals surface area contributed by atoms with Crippen molar-refractivity contribution in [2.75, 3.05) is 0 Å². The van der Waals surface area contributed by atoms with Gasteiger partial charge in [-0.25, -0.2) is 8.77 Å². The van der Waals surface area contributed by atoms with Crippen molar-refractivity contribution < 1.29 is 0 Å². The van der Waals surface area contributed by atoms with Crippen LogP contribution in [0.3, 0.4) is 0 Å². The van der Waals surface area contributed by atoms with E-state index >= 15 is 0 Å². The summed E-state index contributed by atoms with van der Waals surface area (Å²) in [6.45, 7) is 0. The van der Waals surface area contributed by atoms with Crippen molar-refractivity contribution >= 4 is 28.3 Å². The predicted octanol–water partition coefficient (Wildman–Crippen LogP) is 3.01. The molecule has 0 amide bonds. The molecule has 0 fully saturated rings. The number of benzene rings is 1. The molecule has 0 bridgehead atoms. The van der Waals surface area contributed by atoms with E-state index in [1.807, 2.05) is 40.2 Å². The van der Waals surface area contributed by atoms with Gasteiger partial charge in [0.05, 0.1) is 11.0 Å². The molecule has 18 heavy (non-hydrogen) atoms. The molecule has 0 saturated heterocycles. The molecule has 0 aliphatic carbocycles. The van der Waals surface area contributed by atoms with Gasteiger partial charge in [-0.15, -0.1) is 0 Å². The van der Waals surface area contributed by atoms with Crippen LogP contribution in [0.15, 0.2) is 48.7 Å². The number of nitrogens with zero attached hydrogens (tertiary/aromatic N) is 4. The van der Waals surface area contributed by atoms with E-state index in [9.17, 15) is 0 Å². The van der Waals surface area contributed by atoms with Gasteiger partial charge in [-0.05, 0) is 35.8 Å². The summed E-state index contributed by atoms with van der Waals surface area (Å²) < 4.78 is 2.04. The molecule has 0 saturated carbocycles. The van der Waals surface area contributed by atoms with Gasteiger partial charge in [0, 0.05) is 6.20 Å². The molecule has 0 unspecified atom stereocenters. The lowest BCUT2D eigenvalue weighted by molar-refractivity contribution is 1.26. The minimum atomic E-state index is 0.738. The largest absolute Gasteiger partial charge is 0.254 e. The number of pyridine rings is 1. The fourth-order valence-electron chi connectivity index (χ4n) is 1.94. The zero-order valence-electron chi connectivity index (χ0n) is 9.32. The first-order valence-electron chi connectivity index (χ1n) is 5.58. The van der Waals surface area contributed by atoms with E-state index < -0.39 is 0 Å². The average molecular weight is 252 g/mol. The zero-order chi connectivity index (χ0) is 11.9. The third-order valence-electron chi connectivity index (χ3n) is 2.77. The van der Waals surface area contributed by atoms with Crippen molar-refractivity contribution in [2.24, 2.45) is 0 Å². The number of hydrogen-bond donors (Lipinski definition) is 0. The highest BCUT2D eigenvalue weighted by Crippen LogP contribution is 2.25. The Kier molecular flexibility index (Phi) is 1.95. The number of aromatic nitrogens is 4. The molecule has 0 aliphatic rings. The fraction of sp³-hybridized carbons (Fsp3) is 0. The summed E-state index contributed by atoms with van der Waals surface area (Å²) in [5.41, 5.74) is 2.95. The molecule has 0 radical (unpaired) electrons. The first-order valence-corrected chi connectivity index (χ1v) is 6.35. The maximum absolute atomic E-state index is 4.53. The van der Waals surface area contributed by atoms with Crippen LogP contribution in [0.2, 0.25) is 0 Å². The number of para-hydroxylation sites is 2. The lowest BCUT2D eigenvalue weighted by Gasteiger charge is -1.91. The van der Waals surface area contributed by atoms with Crippen LogP contribution >= 0.6 is 11.5 Å². The molecule has 0 spiro atoms. The van der Waals surface area contributed by atoms with Gasteiger partial charge in [-0.1, -0.05) is 18.2 Å². The zero-order valence-corrected chi connectivity index (χ0v) is 10.1. The molecular weight excluding hydrogens is 244 g/mol. The van der Waals surface area contributed by atoms with Gasteiger partial charge in [0.25, 0.3) is 0 Å². The Morgan fingerprint density at radius 1 is 0.944 bits per heavy atom. The van der Waals surface area contributed by atoms with Gasteiger partial charge in [0.2, 0.25) is 5.78 Å². The molecule has 4 aromatic rings. The van der Waals surface area contributed by atoms with Crippen molar-refractivity contribution in [3.8, 4) is 10.7 Å². The van der Waals surface area contributed by atoms with Crippen LogP contribution in [0.4, 0.5) is 0 Å². The Morgan fingerprint density at radius 2 is 1.83 bits per heavy atom. The summed E-state index contributed by atoms with van der Waals surface area (Å²) in [5.74, 6) is 0.738. The summed E-state index contributed by atoms with van der Waals surface area (Å²) in [5, 5.41) is 0.892. The highest BCUT2D eigenvalue weighted by Gasteiger charge is 2.11.